The van der Waals surface area contributed by atoms with E-state index in [1.165, 1.54) is 60.7 Å². The molecule has 0 atom stereocenters. The lowest BCUT2D eigenvalue weighted by molar-refractivity contribution is 0.102. The second kappa shape index (κ2) is 10.9. The Bertz CT molecular complexity index is 1550. The first kappa shape index (κ1) is 26.0. The Kier molecular flexibility index (Phi) is 7.85. The van der Waals surface area contributed by atoms with Crippen molar-refractivity contribution in [1.82, 2.24) is 0 Å². The van der Waals surface area contributed by atoms with Crippen LogP contribution in [0.15, 0.2) is 94.3 Å². The van der Waals surface area contributed by atoms with Gasteiger partial charge in [0.2, 0.25) is 0 Å². The van der Waals surface area contributed by atoms with Gasteiger partial charge in [0.15, 0.2) is 0 Å². The number of carbonyl (C=O) groups excluding carboxylic acids is 1. The molecule has 0 unspecified atom stereocenters. The molecular weight excluding hydrogens is 594 g/mol. The van der Waals surface area contributed by atoms with Crippen LogP contribution in [0.1, 0.15) is 10.4 Å². The third kappa shape index (κ3) is 6.17. The Hall–Kier alpha value is -3.11. The smallest absolute Gasteiger partial charge is 0.261 e. The normalized spacial score (nSPS) is 11.1. The van der Waals surface area contributed by atoms with Crippen molar-refractivity contribution in [2.45, 2.75) is 4.90 Å². The molecule has 4 aromatic rings. The second-order valence-electron chi connectivity index (χ2n) is 7.38. The number of nitrogens with one attached hydrogen (secondary N) is 2. The van der Waals surface area contributed by atoms with Crippen LogP contribution in [-0.2, 0) is 10.0 Å². The number of hydrogen-bond donors (Lipinski definition) is 2. The van der Waals surface area contributed by atoms with E-state index in [0.717, 1.165) is 0 Å². The lowest BCUT2D eigenvalue weighted by Gasteiger charge is -2.14. The fourth-order valence-electron chi connectivity index (χ4n) is 3.12. The number of amides is 1. The summed E-state index contributed by atoms with van der Waals surface area (Å²) in [6, 6.07) is 20.5. The molecule has 36 heavy (non-hydrogen) atoms. The fourth-order valence-corrected chi connectivity index (χ4v) is 4.99. The minimum Gasteiger partial charge on any atom is -0.456 e. The summed E-state index contributed by atoms with van der Waals surface area (Å²) in [7, 11) is -4.08. The van der Waals surface area contributed by atoms with E-state index in [4.69, 9.17) is 27.9 Å². The Morgan fingerprint density at radius 3 is 2.28 bits per heavy atom. The summed E-state index contributed by atoms with van der Waals surface area (Å²) in [6.45, 7) is 0. The first-order chi connectivity index (χ1) is 17.1. The third-order valence-electron chi connectivity index (χ3n) is 4.85. The fraction of sp³-hybridized carbons (Fsp3) is 0. The highest BCUT2D eigenvalue weighted by molar-refractivity contribution is 9.10. The summed E-state index contributed by atoms with van der Waals surface area (Å²) in [5, 5.41) is 3.25. The molecule has 4 aromatic carbocycles. The van der Waals surface area contributed by atoms with E-state index in [2.05, 4.69) is 26.0 Å². The number of ether oxygens (including phenoxy) is 1. The van der Waals surface area contributed by atoms with Gasteiger partial charge in [0.25, 0.3) is 15.9 Å². The lowest BCUT2D eigenvalue weighted by atomic mass is 10.1. The summed E-state index contributed by atoms with van der Waals surface area (Å²) in [5.41, 5.74) is 0.275. The predicted molar refractivity (Wildman–Crippen MR) is 142 cm³/mol. The maximum atomic E-state index is 13.4. The van der Waals surface area contributed by atoms with E-state index in [0.29, 0.717) is 26.7 Å². The summed E-state index contributed by atoms with van der Waals surface area (Å²) in [4.78, 5) is 12.9. The number of rotatable bonds is 7. The summed E-state index contributed by atoms with van der Waals surface area (Å²) in [5.74, 6) is -0.318. The van der Waals surface area contributed by atoms with E-state index >= 15 is 0 Å². The zero-order chi connectivity index (χ0) is 25.9. The van der Waals surface area contributed by atoms with Crippen molar-refractivity contribution < 1.29 is 22.3 Å². The summed E-state index contributed by atoms with van der Waals surface area (Å²) < 4.78 is 47.9. The van der Waals surface area contributed by atoms with Gasteiger partial charge in [-0.15, -0.1) is 0 Å². The molecule has 1 amide bonds. The van der Waals surface area contributed by atoms with E-state index in [1.54, 1.807) is 24.3 Å². The molecule has 2 N–H and O–H groups in total. The highest BCUT2D eigenvalue weighted by Crippen LogP contribution is 2.31. The Labute approximate surface area is 225 Å². The molecule has 0 aliphatic heterocycles. The maximum Gasteiger partial charge on any atom is 0.261 e. The van der Waals surface area contributed by atoms with Crippen LogP contribution < -0.4 is 14.8 Å². The molecule has 184 valence electrons. The number of para-hydroxylation sites is 1. The van der Waals surface area contributed by atoms with E-state index in [9.17, 15) is 17.6 Å². The molecule has 11 heteroatoms. The van der Waals surface area contributed by atoms with Gasteiger partial charge in [-0.1, -0.05) is 35.3 Å². The molecular formula is C25H16BrCl2FN2O4S. The SMILES string of the molecule is O=C(Nc1ccc(F)cc1Br)c1cc(Cl)ccc1NS(=O)(=O)c1ccc(Oc2ccccc2Cl)cc1. The monoisotopic (exact) mass is 608 g/mol. The molecule has 0 heterocycles. The highest BCUT2D eigenvalue weighted by atomic mass is 79.9. The van der Waals surface area contributed by atoms with Crippen molar-refractivity contribution in [3.05, 3.63) is 111 Å². The van der Waals surface area contributed by atoms with Crippen molar-refractivity contribution >= 4 is 66.4 Å². The van der Waals surface area contributed by atoms with Crippen molar-refractivity contribution in [2.75, 3.05) is 10.0 Å². The van der Waals surface area contributed by atoms with Gasteiger partial charge in [0.05, 0.1) is 26.9 Å². The van der Waals surface area contributed by atoms with Gasteiger partial charge in [-0.25, -0.2) is 12.8 Å². The molecule has 0 radical (unpaired) electrons. The van der Waals surface area contributed by atoms with Gasteiger partial charge < -0.3 is 10.1 Å². The van der Waals surface area contributed by atoms with Gasteiger partial charge in [0, 0.05) is 9.50 Å². The van der Waals surface area contributed by atoms with Gasteiger partial charge in [-0.3, -0.25) is 9.52 Å². The number of anilines is 2. The summed E-state index contributed by atoms with van der Waals surface area (Å²) >= 11 is 15.3. The minimum atomic E-state index is -4.08. The van der Waals surface area contributed by atoms with E-state index < -0.39 is 21.7 Å². The zero-order valence-corrected chi connectivity index (χ0v) is 22.1. The zero-order valence-electron chi connectivity index (χ0n) is 18.1. The number of benzene rings is 4. The third-order valence-corrected chi connectivity index (χ3v) is 7.43. The number of carbonyl (C=O) groups is 1. The Morgan fingerprint density at radius 2 is 1.58 bits per heavy atom. The van der Waals surface area contributed by atoms with Gasteiger partial charge >= 0.3 is 0 Å². The van der Waals surface area contributed by atoms with E-state index in [-0.39, 0.29) is 21.2 Å². The maximum absolute atomic E-state index is 13.4. The van der Waals surface area contributed by atoms with Crippen LogP contribution in [0.25, 0.3) is 0 Å². The molecule has 4 rings (SSSR count). The van der Waals surface area contributed by atoms with Crippen molar-refractivity contribution in [3.8, 4) is 11.5 Å². The van der Waals surface area contributed by atoms with Crippen molar-refractivity contribution in [1.29, 1.82) is 0 Å². The van der Waals surface area contributed by atoms with Crippen LogP contribution in [0.2, 0.25) is 10.0 Å². The average molecular weight is 610 g/mol. The van der Waals surface area contributed by atoms with Crippen LogP contribution in [0.4, 0.5) is 15.8 Å². The highest BCUT2D eigenvalue weighted by Gasteiger charge is 2.20. The Morgan fingerprint density at radius 1 is 0.889 bits per heavy atom. The molecule has 0 aromatic heterocycles. The number of halogens is 4. The van der Waals surface area contributed by atoms with E-state index in [1.807, 2.05) is 0 Å². The van der Waals surface area contributed by atoms with Gasteiger partial charge in [-0.05, 0) is 88.7 Å². The van der Waals surface area contributed by atoms with Crippen LogP contribution in [0, 0.1) is 5.82 Å². The molecule has 0 bridgehead atoms. The molecule has 0 aliphatic carbocycles. The minimum absolute atomic E-state index is 0.00604. The quantitative estimate of drug-likeness (QED) is 0.224. The lowest BCUT2D eigenvalue weighted by Crippen LogP contribution is -2.19. The van der Waals surface area contributed by atoms with Crippen LogP contribution >= 0.6 is 39.1 Å². The molecule has 6 nitrogen and oxygen atoms in total. The number of hydrogen-bond acceptors (Lipinski definition) is 4. The van der Waals surface area contributed by atoms with Crippen LogP contribution in [0.3, 0.4) is 0 Å². The van der Waals surface area contributed by atoms with Crippen molar-refractivity contribution in [2.24, 2.45) is 0 Å². The standard InChI is InChI=1S/C25H16BrCl2FN2O4S/c26-20-14-16(29)6-12-23(20)30-25(32)19-13-15(27)5-11-22(19)31-36(33,34)18-9-7-17(8-10-18)35-24-4-2-1-3-21(24)28/h1-14,31H,(H,30,32). The predicted octanol–water partition coefficient (Wildman–Crippen LogP) is 7.74. The van der Waals surface area contributed by atoms with Gasteiger partial charge in [-0.2, -0.15) is 0 Å². The van der Waals surface area contributed by atoms with Crippen molar-refractivity contribution in [3.63, 3.8) is 0 Å². The van der Waals surface area contributed by atoms with Crippen LogP contribution in [-0.4, -0.2) is 14.3 Å². The van der Waals surface area contributed by atoms with Crippen LogP contribution in [0.5, 0.6) is 11.5 Å². The first-order valence-electron chi connectivity index (χ1n) is 10.2. The number of sulfonamides is 1. The average Bonchev–Trinajstić information content (AvgIpc) is 2.83. The first-order valence-corrected chi connectivity index (χ1v) is 13.3. The molecule has 0 spiro atoms. The molecule has 0 saturated heterocycles. The largest absolute Gasteiger partial charge is 0.456 e. The van der Waals surface area contributed by atoms with Gasteiger partial charge in [0.1, 0.15) is 17.3 Å². The molecule has 0 saturated carbocycles. The molecule has 0 aliphatic rings. The molecule has 0 fully saturated rings. The topological polar surface area (TPSA) is 84.5 Å². The Balaban J connectivity index is 1.56. The second-order valence-corrected chi connectivity index (χ2v) is 10.8. The summed E-state index contributed by atoms with van der Waals surface area (Å²) in [6.07, 6.45) is 0.